The highest BCUT2D eigenvalue weighted by molar-refractivity contribution is 7.99. The van der Waals surface area contributed by atoms with Gasteiger partial charge in [0.1, 0.15) is 5.03 Å². The van der Waals surface area contributed by atoms with Gasteiger partial charge in [0, 0.05) is 28.0 Å². The molecule has 0 unspecified atom stereocenters. The molecule has 1 heterocycles. The van der Waals surface area contributed by atoms with Crippen LogP contribution in [0.5, 0.6) is 0 Å². The first kappa shape index (κ1) is 16.8. The lowest BCUT2D eigenvalue weighted by atomic mass is 10.1. The Hall–Kier alpha value is -1.59. The summed E-state index contributed by atoms with van der Waals surface area (Å²) in [7, 11) is 0. The van der Waals surface area contributed by atoms with E-state index in [2.05, 4.69) is 9.97 Å². The molecule has 0 atom stereocenters. The molecule has 2 aromatic rings. The van der Waals surface area contributed by atoms with Crippen molar-refractivity contribution in [2.24, 2.45) is 0 Å². The Balaban J connectivity index is 2.49. The third-order valence-electron chi connectivity index (χ3n) is 3.04. The molecule has 1 N–H and O–H groups in total. The van der Waals surface area contributed by atoms with Gasteiger partial charge in [-0.25, -0.2) is 14.8 Å². The second kappa shape index (κ2) is 7.11. The second-order valence-corrected chi connectivity index (χ2v) is 7.13. The Bertz CT molecular complexity index is 705. The van der Waals surface area contributed by atoms with Gasteiger partial charge in [0.15, 0.2) is 0 Å². The molecular formula is C16H17ClN2O2S. The summed E-state index contributed by atoms with van der Waals surface area (Å²) in [5.74, 6) is -1.28. The molecule has 0 amide bonds. The minimum atomic E-state index is -1.11. The van der Waals surface area contributed by atoms with Gasteiger partial charge in [-0.05, 0) is 18.6 Å². The zero-order chi connectivity index (χ0) is 16.3. The van der Waals surface area contributed by atoms with Gasteiger partial charge < -0.3 is 5.11 Å². The zero-order valence-corrected chi connectivity index (χ0v) is 14.2. The van der Waals surface area contributed by atoms with Crippen LogP contribution in [0.1, 0.15) is 41.3 Å². The van der Waals surface area contributed by atoms with Crippen molar-refractivity contribution in [1.82, 2.24) is 9.97 Å². The van der Waals surface area contributed by atoms with E-state index in [4.69, 9.17) is 16.7 Å². The zero-order valence-electron chi connectivity index (χ0n) is 12.6. The maximum atomic E-state index is 11.2. The van der Waals surface area contributed by atoms with Crippen LogP contribution in [0.2, 0.25) is 5.02 Å². The molecule has 22 heavy (non-hydrogen) atoms. The smallest absolute Gasteiger partial charge is 0.373 e. The van der Waals surface area contributed by atoms with Crippen molar-refractivity contribution in [3.8, 4) is 0 Å². The highest BCUT2D eigenvalue weighted by Gasteiger charge is 2.18. The molecule has 0 radical (unpaired) electrons. The Kier molecular flexibility index (Phi) is 5.42. The third-order valence-corrected chi connectivity index (χ3v) is 4.44. The molecule has 0 fully saturated rings. The Labute approximate surface area is 138 Å². The van der Waals surface area contributed by atoms with Crippen LogP contribution >= 0.6 is 23.4 Å². The highest BCUT2D eigenvalue weighted by atomic mass is 35.5. The average Bonchev–Trinajstić information content (AvgIpc) is 2.43. The Morgan fingerprint density at radius 3 is 2.59 bits per heavy atom. The SMILES string of the molecule is Cc1nc(C(=O)O)nc(SC(C)C)c1Cc1ccccc1Cl. The highest BCUT2D eigenvalue weighted by Crippen LogP contribution is 2.29. The molecule has 0 saturated heterocycles. The molecule has 4 nitrogen and oxygen atoms in total. The van der Waals surface area contributed by atoms with Crippen LogP contribution in [0.15, 0.2) is 29.3 Å². The van der Waals surface area contributed by atoms with Crippen molar-refractivity contribution < 1.29 is 9.90 Å². The number of carboxylic acid groups (broad SMARTS) is 1. The van der Waals surface area contributed by atoms with Crippen LogP contribution in [-0.2, 0) is 6.42 Å². The fourth-order valence-corrected chi connectivity index (χ4v) is 3.17. The van der Waals surface area contributed by atoms with E-state index in [9.17, 15) is 4.79 Å². The van der Waals surface area contributed by atoms with Crippen LogP contribution in [-0.4, -0.2) is 26.3 Å². The van der Waals surface area contributed by atoms with Gasteiger partial charge >= 0.3 is 5.97 Å². The fourth-order valence-electron chi connectivity index (χ4n) is 2.02. The average molecular weight is 337 g/mol. The third kappa shape index (κ3) is 3.99. The molecule has 1 aromatic heterocycles. The first-order valence-electron chi connectivity index (χ1n) is 6.89. The van der Waals surface area contributed by atoms with Crippen molar-refractivity contribution in [1.29, 1.82) is 0 Å². The summed E-state index contributed by atoms with van der Waals surface area (Å²) in [5, 5.41) is 10.8. The first-order valence-corrected chi connectivity index (χ1v) is 8.15. The number of hydrogen-bond acceptors (Lipinski definition) is 4. The van der Waals surface area contributed by atoms with E-state index in [0.717, 1.165) is 11.1 Å². The summed E-state index contributed by atoms with van der Waals surface area (Å²) in [6.45, 7) is 5.90. The summed E-state index contributed by atoms with van der Waals surface area (Å²) in [4.78, 5) is 19.5. The number of halogens is 1. The summed E-state index contributed by atoms with van der Waals surface area (Å²) in [6.07, 6.45) is 0.584. The molecule has 6 heteroatoms. The second-order valence-electron chi connectivity index (χ2n) is 5.16. The Morgan fingerprint density at radius 2 is 2.00 bits per heavy atom. The van der Waals surface area contributed by atoms with Crippen LogP contribution < -0.4 is 0 Å². The van der Waals surface area contributed by atoms with Gasteiger partial charge in [0.05, 0.1) is 0 Å². The van der Waals surface area contributed by atoms with Crippen LogP contribution in [0, 0.1) is 6.92 Å². The lowest BCUT2D eigenvalue weighted by Crippen LogP contribution is -2.11. The van der Waals surface area contributed by atoms with Crippen LogP contribution in [0.25, 0.3) is 0 Å². The molecule has 0 bridgehead atoms. The van der Waals surface area contributed by atoms with E-state index >= 15 is 0 Å². The number of hydrogen-bond donors (Lipinski definition) is 1. The molecule has 2 rings (SSSR count). The monoisotopic (exact) mass is 336 g/mol. The number of nitrogens with zero attached hydrogens (tertiary/aromatic N) is 2. The topological polar surface area (TPSA) is 63.1 Å². The molecule has 0 aliphatic carbocycles. The summed E-state index contributed by atoms with van der Waals surface area (Å²) in [6, 6.07) is 7.61. The molecule has 1 aromatic carbocycles. The maximum absolute atomic E-state index is 11.2. The number of benzene rings is 1. The summed E-state index contributed by atoms with van der Waals surface area (Å²) < 4.78 is 0. The van der Waals surface area contributed by atoms with E-state index < -0.39 is 5.97 Å². The van der Waals surface area contributed by atoms with Crippen molar-refractivity contribution >= 4 is 29.3 Å². The maximum Gasteiger partial charge on any atom is 0.373 e. The molecule has 0 saturated carbocycles. The largest absolute Gasteiger partial charge is 0.475 e. The standard InChI is InChI=1S/C16H17ClN2O2S/c1-9(2)22-15-12(8-11-6-4-5-7-13(11)17)10(3)18-14(19-15)16(20)21/h4-7,9H,8H2,1-3H3,(H,20,21). The number of thioether (sulfide) groups is 1. The van der Waals surface area contributed by atoms with E-state index in [1.165, 1.54) is 11.8 Å². The first-order chi connectivity index (χ1) is 10.4. The molecule has 0 aliphatic heterocycles. The molecule has 0 aliphatic rings. The summed E-state index contributed by atoms with van der Waals surface area (Å²) in [5.41, 5.74) is 2.58. The van der Waals surface area contributed by atoms with Gasteiger partial charge in [-0.3, -0.25) is 0 Å². The van der Waals surface area contributed by atoms with Crippen molar-refractivity contribution in [2.75, 3.05) is 0 Å². The number of carboxylic acids is 1. The normalized spacial score (nSPS) is 11.0. The fraction of sp³-hybridized carbons (Fsp3) is 0.312. The lowest BCUT2D eigenvalue weighted by molar-refractivity contribution is 0.0682. The van der Waals surface area contributed by atoms with Crippen molar-refractivity contribution in [3.05, 3.63) is 51.9 Å². The number of aromatic carboxylic acids is 1. The number of rotatable bonds is 5. The Morgan fingerprint density at radius 1 is 1.32 bits per heavy atom. The molecule has 116 valence electrons. The molecular weight excluding hydrogens is 320 g/mol. The number of aromatic nitrogens is 2. The lowest BCUT2D eigenvalue weighted by Gasteiger charge is -2.14. The van der Waals surface area contributed by atoms with Gasteiger partial charge in [0.25, 0.3) is 0 Å². The minimum Gasteiger partial charge on any atom is -0.475 e. The van der Waals surface area contributed by atoms with Gasteiger partial charge in [-0.2, -0.15) is 0 Å². The van der Waals surface area contributed by atoms with E-state index in [-0.39, 0.29) is 5.82 Å². The van der Waals surface area contributed by atoms with E-state index in [0.29, 0.717) is 27.4 Å². The van der Waals surface area contributed by atoms with Gasteiger partial charge in [-0.1, -0.05) is 43.6 Å². The van der Waals surface area contributed by atoms with Gasteiger partial charge in [-0.15, -0.1) is 11.8 Å². The van der Waals surface area contributed by atoms with Gasteiger partial charge in [0.2, 0.25) is 5.82 Å². The predicted molar refractivity (Wildman–Crippen MR) is 89.0 cm³/mol. The summed E-state index contributed by atoms with van der Waals surface area (Å²) >= 11 is 7.76. The quantitative estimate of drug-likeness (QED) is 0.654. The minimum absolute atomic E-state index is 0.163. The van der Waals surface area contributed by atoms with Crippen LogP contribution in [0.3, 0.4) is 0 Å². The van der Waals surface area contributed by atoms with Crippen molar-refractivity contribution in [2.45, 2.75) is 37.5 Å². The predicted octanol–water partition coefficient (Wildman–Crippen LogP) is 4.23. The van der Waals surface area contributed by atoms with Crippen molar-refractivity contribution in [3.63, 3.8) is 0 Å². The molecule has 0 spiro atoms. The number of carbonyl (C=O) groups is 1. The van der Waals surface area contributed by atoms with Crippen LogP contribution in [0.4, 0.5) is 0 Å². The number of aryl methyl sites for hydroxylation is 1. The van der Waals surface area contributed by atoms with E-state index in [1.807, 2.05) is 45.0 Å². The van der Waals surface area contributed by atoms with E-state index in [1.54, 1.807) is 0 Å².